The molecule has 0 unspecified atom stereocenters. The van der Waals surface area contributed by atoms with Crippen molar-refractivity contribution in [2.45, 2.75) is 46.8 Å². The van der Waals surface area contributed by atoms with Crippen LogP contribution in [-0.4, -0.2) is 30.6 Å². The van der Waals surface area contributed by atoms with E-state index in [1.54, 1.807) is 6.33 Å². The smallest absolute Gasteiger partial charge is 0.154 e. The Morgan fingerprint density at radius 1 is 1.32 bits per heavy atom. The molecular formula is C13H22N6. The molecule has 2 heterocycles. The van der Waals surface area contributed by atoms with Gasteiger partial charge in [0.15, 0.2) is 5.82 Å². The molecule has 2 aromatic heterocycles. The van der Waals surface area contributed by atoms with Crippen molar-refractivity contribution in [1.82, 2.24) is 29.9 Å². The molecule has 2 aromatic rings. The summed E-state index contributed by atoms with van der Waals surface area (Å²) in [6, 6.07) is 0.473. The summed E-state index contributed by atoms with van der Waals surface area (Å²) in [4.78, 5) is 0. The zero-order valence-electron chi connectivity index (χ0n) is 12.3. The molecule has 0 saturated carbocycles. The van der Waals surface area contributed by atoms with E-state index in [0.29, 0.717) is 12.6 Å². The summed E-state index contributed by atoms with van der Waals surface area (Å²) in [6.45, 7) is 9.97. The van der Waals surface area contributed by atoms with Gasteiger partial charge in [0.05, 0.1) is 5.69 Å². The maximum atomic E-state index is 4.60. The van der Waals surface area contributed by atoms with Crippen LogP contribution in [0, 0.1) is 13.8 Å². The standard InChI is InChI=1S/C13H22N6/c1-9(2)14-6-12-10(3)17-19(11(12)4)7-13-16-15-8-18(13)5/h8-9,14H,6-7H2,1-5H3. The second-order valence-corrected chi connectivity index (χ2v) is 5.20. The highest BCUT2D eigenvalue weighted by Gasteiger charge is 2.13. The van der Waals surface area contributed by atoms with Crippen LogP contribution in [0.4, 0.5) is 0 Å². The predicted molar refractivity (Wildman–Crippen MR) is 73.8 cm³/mol. The summed E-state index contributed by atoms with van der Waals surface area (Å²) in [6.07, 6.45) is 1.71. The van der Waals surface area contributed by atoms with E-state index in [9.17, 15) is 0 Å². The van der Waals surface area contributed by atoms with Gasteiger partial charge in [-0.05, 0) is 13.8 Å². The lowest BCUT2D eigenvalue weighted by Crippen LogP contribution is -2.22. The van der Waals surface area contributed by atoms with Gasteiger partial charge < -0.3 is 9.88 Å². The van der Waals surface area contributed by atoms with Crippen LogP contribution in [0.2, 0.25) is 0 Å². The molecule has 0 amide bonds. The molecule has 2 rings (SSSR count). The summed E-state index contributed by atoms with van der Waals surface area (Å²) in [5.74, 6) is 0.911. The molecule has 19 heavy (non-hydrogen) atoms. The molecule has 6 heteroatoms. The van der Waals surface area contributed by atoms with E-state index in [4.69, 9.17) is 0 Å². The fraction of sp³-hybridized carbons (Fsp3) is 0.615. The lowest BCUT2D eigenvalue weighted by atomic mass is 10.2. The van der Waals surface area contributed by atoms with Gasteiger partial charge in [-0.15, -0.1) is 10.2 Å². The average Bonchev–Trinajstić information content (AvgIpc) is 2.84. The number of aromatic nitrogens is 5. The molecule has 0 aromatic carbocycles. The highest BCUT2D eigenvalue weighted by Crippen LogP contribution is 2.14. The average molecular weight is 262 g/mol. The van der Waals surface area contributed by atoms with Crippen LogP contribution in [0.25, 0.3) is 0 Å². The monoisotopic (exact) mass is 262 g/mol. The van der Waals surface area contributed by atoms with E-state index < -0.39 is 0 Å². The van der Waals surface area contributed by atoms with Crippen molar-refractivity contribution in [3.8, 4) is 0 Å². The molecule has 0 radical (unpaired) electrons. The molecule has 0 aliphatic heterocycles. The number of hydrogen-bond donors (Lipinski definition) is 1. The van der Waals surface area contributed by atoms with Crippen molar-refractivity contribution < 1.29 is 0 Å². The van der Waals surface area contributed by atoms with Crippen LogP contribution in [0.15, 0.2) is 6.33 Å². The lowest BCUT2D eigenvalue weighted by molar-refractivity contribution is 0.582. The van der Waals surface area contributed by atoms with E-state index in [-0.39, 0.29) is 0 Å². The Labute approximate surface area is 113 Å². The lowest BCUT2D eigenvalue weighted by Gasteiger charge is -2.09. The third-order valence-corrected chi connectivity index (χ3v) is 3.31. The topological polar surface area (TPSA) is 60.6 Å². The molecule has 0 fully saturated rings. The zero-order chi connectivity index (χ0) is 14.0. The predicted octanol–water partition coefficient (Wildman–Crippen LogP) is 1.17. The zero-order valence-corrected chi connectivity index (χ0v) is 12.3. The van der Waals surface area contributed by atoms with Gasteiger partial charge in [0, 0.05) is 30.9 Å². The SMILES string of the molecule is Cc1nn(Cc2nncn2C)c(C)c1CNC(C)C. The van der Waals surface area contributed by atoms with Crippen LogP contribution in [0.1, 0.15) is 36.6 Å². The largest absolute Gasteiger partial charge is 0.319 e. The first kappa shape index (κ1) is 13.7. The summed E-state index contributed by atoms with van der Waals surface area (Å²) in [7, 11) is 1.95. The molecule has 0 atom stereocenters. The van der Waals surface area contributed by atoms with E-state index in [2.05, 4.69) is 48.3 Å². The van der Waals surface area contributed by atoms with Crippen LogP contribution in [0.3, 0.4) is 0 Å². The minimum atomic E-state index is 0.473. The van der Waals surface area contributed by atoms with E-state index in [1.165, 1.54) is 11.3 Å². The van der Waals surface area contributed by atoms with Crippen molar-refractivity contribution in [3.63, 3.8) is 0 Å². The number of rotatable bonds is 5. The molecule has 6 nitrogen and oxygen atoms in total. The fourth-order valence-electron chi connectivity index (χ4n) is 2.03. The molecule has 1 N–H and O–H groups in total. The summed E-state index contributed by atoms with van der Waals surface area (Å²) in [5, 5.41) is 16.0. The van der Waals surface area contributed by atoms with E-state index >= 15 is 0 Å². The number of nitrogens with one attached hydrogen (secondary N) is 1. The third kappa shape index (κ3) is 3.01. The van der Waals surface area contributed by atoms with E-state index in [1.807, 2.05) is 16.3 Å². The summed E-state index contributed by atoms with van der Waals surface area (Å²) < 4.78 is 3.92. The van der Waals surface area contributed by atoms with Crippen LogP contribution in [0.5, 0.6) is 0 Å². The third-order valence-electron chi connectivity index (χ3n) is 3.31. The van der Waals surface area contributed by atoms with Gasteiger partial charge in [-0.25, -0.2) is 0 Å². The second kappa shape index (κ2) is 5.52. The Bertz CT molecular complexity index is 551. The van der Waals surface area contributed by atoms with Gasteiger partial charge in [0.2, 0.25) is 0 Å². The number of hydrogen-bond acceptors (Lipinski definition) is 4. The fourth-order valence-corrected chi connectivity index (χ4v) is 2.03. The normalized spacial score (nSPS) is 11.5. The molecule has 0 spiro atoms. The van der Waals surface area contributed by atoms with Crippen LogP contribution < -0.4 is 5.32 Å². The summed E-state index contributed by atoms with van der Waals surface area (Å²) in [5.41, 5.74) is 3.54. The highest BCUT2D eigenvalue weighted by atomic mass is 15.3. The Morgan fingerprint density at radius 3 is 2.63 bits per heavy atom. The maximum Gasteiger partial charge on any atom is 0.154 e. The Balaban J connectivity index is 2.19. The molecule has 0 saturated heterocycles. The van der Waals surface area contributed by atoms with Gasteiger partial charge in [-0.2, -0.15) is 5.10 Å². The first-order valence-corrected chi connectivity index (χ1v) is 6.58. The van der Waals surface area contributed by atoms with Crippen LogP contribution in [-0.2, 0) is 20.1 Å². The quantitative estimate of drug-likeness (QED) is 0.879. The van der Waals surface area contributed by atoms with Crippen molar-refractivity contribution >= 4 is 0 Å². The Morgan fingerprint density at radius 2 is 2.05 bits per heavy atom. The minimum Gasteiger partial charge on any atom is -0.319 e. The molecule has 0 bridgehead atoms. The molecular weight excluding hydrogens is 240 g/mol. The molecule has 0 aliphatic rings. The Hall–Kier alpha value is -1.69. The maximum absolute atomic E-state index is 4.60. The van der Waals surface area contributed by atoms with Crippen molar-refractivity contribution in [3.05, 3.63) is 29.1 Å². The van der Waals surface area contributed by atoms with Crippen molar-refractivity contribution in [1.29, 1.82) is 0 Å². The minimum absolute atomic E-state index is 0.473. The van der Waals surface area contributed by atoms with Crippen molar-refractivity contribution in [2.24, 2.45) is 7.05 Å². The Kier molecular flexibility index (Phi) is 3.99. The van der Waals surface area contributed by atoms with Crippen molar-refractivity contribution in [2.75, 3.05) is 0 Å². The van der Waals surface area contributed by atoms with E-state index in [0.717, 1.165) is 18.1 Å². The number of nitrogens with zero attached hydrogens (tertiary/aromatic N) is 5. The second-order valence-electron chi connectivity index (χ2n) is 5.20. The van der Waals surface area contributed by atoms with Gasteiger partial charge in [-0.3, -0.25) is 4.68 Å². The van der Waals surface area contributed by atoms with Gasteiger partial charge in [-0.1, -0.05) is 13.8 Å². The first-order chi connectivity index (χ1) is 8.99. The molecule has 104 valence electrons. The highest BCUT2D eigenvalue weighted by molar-refractivity contribution is 5.24. The number of aryl methyl sites for hydroxylation is 2. The van der Waals surface area contributed by atoms with Crippen LogP contribution >= 0.6 is 0 Å². The van der Waals surface area contributed by atoms with Gasteiger partial charge in [0.1, 0.15) is 12.9 Å². The van der Waals surface area contributed by atoms with Gasteiger partial charge in [0.25, 0.3) is 0 Å². The van der Waals surface area contributed by atoms with Gasteiger partial charge >= 0.3 is 0 Å². The summed E-state index contributed by atoms with van der Waals surface area (Å²) >= 11 is 0. The first-order valence-electron chi connectivity index (χ1n) is 6.58. The molecule has 0 aliphatic carbocycles.